The second-order valence-corrected chi connectivity index (χ2v) is 6.00. The van der Waals surface area contributed by atoms with Gasteiger partial charge in [-0.3, -0.25) is 11.3 Å². The fourth-order valence-electron chi connectivity index (χ4n) is 3.48. The number of nitrogens with one attached hydrogen (secondary N) is 1. The number of nitrogens with two attached hydrogens (primary N) is 1. The van der Waals surface area contributed by atoms with Crippen molar-refractivity contribution in [1.82, 2.24) is 5.43 Å². The van der Waals surface area contributed by atoms with Crippen molar-refractivity contribution in [3.8, 4) is 0 Å². The molecular formula is C15H32N2. The molecule has 3 N–H and O–H groups in total. The second kappa shape index (κ2) is 8.10. The highest BCUT2D eigenvalue weighted by Gasteiger charge is 2.31. The van der Waals surface area contributed by atoms with Gasteiger partial charge >= 0.3 is 0 Å². The molecule has 102 valence electrons. The molecule has 0 aromatic rings. The Morgan fingerprint density at radius 2 is 2.06 bits per heavy atom. The standard InChI is InChI=1S/C15H32N2/c1-4-6-9-13(5-2)11-15(17-16)14-10-7-8-12(14)3/h12-15,17H,4-11,16H2,1-3H3. The van der Waals surface area contributed by atoms with Crippen molar-refractivity contribution in [3.63, 3.8) is 0 Å². The molecule has 0 aromatic carbocycles. The Bertz CT molecular complexity index is 193. The maximum absolute atomic E-state index is 5.80. The highest BCUT2D eigenvalue weighted by Crippen LogP contribution is 2.36. The normalized spacial score (nSPS) is 28.2. The van der Waals surface area contributed by atoms with Crippen molar-refractivity contribution in [2.24, 2.45) is 23.6 Å². The van der Waals surface area contributed by atoms with Crippen molar-refractivity contribution in [2.75, 3.05) is 0 Å². The van der Waals surface area contributed by atoms with Crippen LogP contribution in [-0.2, 0) is 0 Å². The summed E-state index contributed by atoms with van der Waals surface area (Å²) in [6, 6.07) is 0.550. The lowest BCUT2D eigenvalue weighted by Gasteiger charge is -2.29. The van der Waals surface area contributed by atoms with Crippen molar-refractivity contribution in [2.45, 2.75) is 78.2 Å². The van der Waals surface area contributed by atoms with Crippen LogP contribution in [0, 0.1) is 17.8 Å². The topological polar surface area (TPSA) is 38.0 Å². The Morgan fingerprint density at radius 1 is 1.29 bits per heavy atom. The van der Waals surface area contributed by atoms with Crippen LogP contribution < -0.4 is 11.3 Å². The molecule has 0 amide bonds. The summed E-state index contributed by atoms with van der Waals surface area (Å²) in [5.41, 5.74) is 3.12. The number of hydrogen-bond donors (Lipinski definition) is 2. The number of hydrazine groups is 1. The summed E-state index contributed by atoms with van der Waals surface area (Å²) in [7, 11) is 0. The molecule has 0 bridgehead atoms. The van der Waals surface area contributed by atoms with E-state index in [0.29, 0.717) is 6.04 Å². The molecule has 1 aliphatic rings. The first-order valence-corrected chi connectivity index (χ1v) is 7.69. The Kier molecular flexibility index (Phi) is 7.14. The molecular weight excluding hydrogens is 208 g/mol. The third kappa shape index (κ3) is 4.59. The van der Waals surface area contributed by atoms with E-state index in [2.05, 4.69) is 26.2 Å². The summed E-state index contributed by atoms with van der Waals surface area (Å²) < 4.78 is 0. The van der Waals surface area contributed by atoms with E-state index in [1.807, 2.05) is 0 Å². The van der Waals surface area contributed by atoms with Crippen LogP contribution in [0.1, 0.15) is 72.1 Å². The van der Waals surface area contributed by atoms with Gasteiger partial charge < -0.3 is 0 Å². The first-order chi connectivity index (χ1) is 8.22. The monoisotopic (exact) mass is 240 g/mol. The molecule has 2 nitrogen and oxygen atoms in total. The van der Waals surface area contributed by atoms with E-state index in [9.17, 15) is 0 Å². The smallest absolute Gasteiger partial charge is 0.0243 e. The van der Waals surface area contributed by atoms with Gasteiger partial charge in [0.25, 0.3) is 0 Å². The van der Waals surface area contributed by atoms with Crippen molar-refractivity contribution < 1.29 is 0 Å². The predicted octanol–water partition coefficient (Wildman–Crippen LogP) is 3.86. The molecule has 1 aliphatic carbocycles. The molecule has 1 saturated carbocycles. The van der Waals surface area contributed by atoms with E-state index in [1.54, 1.807) is 0 Å². The molecule has 0 spiro atoms. The van der Waals surface area contributed by atoms with E-state index in [4.69, 9.17) is 5.84 Å². The summed E-state index contributed by atoms with van der Waals surface area (Å²) in [5, 5.41) is 0. The molecule has 1 fully saturated rings. The maximum atomic E-state index is 5.80. The first-order valence-electron chi connectivity index (χ1n) is 7.69. The largest absolute Gasteiger partial charge is 0.271 e. The highest BCUT2D eigenvalue weighted by atomic mass is 15.2. The molecule has 1 rings (SSSR count). The van der Waals surface area contributed by atoms with Crippen molar-refractivity contribution >= 4 is 0 Å². The third-order valence-electron chi connectivity index (χ3n) is 4.79. The number of hydrogen-bond acceptors (Lipinski definition) is 2. The Labute approximate surface area is 108 Å². The minimum atomic E-state index is 0.550. The maximum Gasteiger partial charge on any atom is 0.0243 e. The molecule has 4 unspecified atom stereocenters. The van der Waals surface area contributed by atoms with Gasteiger partial charge in [-0.05, 0) is 30.6 Å². The van der Waals surface area contributed by atoms with Gasteiger partial charge in [0.05, 0.1) is 0 Å². The van der Waals surface area contributed by atoms with Crippen LogP contribution in [0.25, 0.3) is 0 Å². The van der Waals surface area contributed by atoms with Crippen LogP contribution in [0.5, 0.6) is 0 Å². The minimum Gasteiger partial charge on any atom is -0.271 e. The summed E-state index contributed by atoms with van der Waals surface area (Å²) in [5.74, 6) is 8.34. The quantitative estimate of drug-likeness (QED) is 0.499. The fourth-order valence-corrected chi connectivity index (χ4v) is 3.48. The van der Waals surface area contributed by atoms with Gasteiger partial charge in [0.1, 0.15) is 0 Å². The Morgan fingerprint density at radius 3 is 2.53 bits per heavy atom. The average Bonchev–Trinajstić information content (AvgIpc) is 2.76. The summed E-state index contributed by atoms with van der Waals surface area (Å²) in [6.45, 7) is 7.01. The fraction of sp³-hybridized carbons (Fsp3) is 1.00. The van der Waals surface area contributed by atoms with Gasteiger partial charge in [-0.25, -0.2) is 0 Å². The molecule has 0 radical (unpaired) electrons. The van der Waals surface area contributed by atoms with Crippen LogP contribution in [0.4, 0.5) is 0 Å². The average molecular weight is 240 g/mol. The summed E-state index contributed by atoms with van der Waals surface area (Å²) in [6.07, 6.45) is 10.8. The van der Waals surface area contributed by atoms with E-state index < -0.39 is 0 Å². The van der Waals surface area contributed by atoms with Crippen molar-refractivity contribution in [3.05, 3.63) is 0 Å². The van der Waals surface area contributed by atoms with Crippen LogP contribution in [0.15, 0.2) is 0 Å². The predicted molar refractivity (Wildman–Crippen MR) is 75.5 cm³/mol. The lowest BCUT2D eigenvalue weighted by atomic mass is 9.83. The zero-order valence-corrected chi connectivity index (χ0v) is 12.0. The van der Waals surface area contributed by atoms with Gasteiger partial charge in [-0.15, -0.1) is 0 Å². The Balaban J connectivity index is 2.43. The van der Waals surface area contributed by atoms with Gasteiger partial charge in [0, 0.05) is 6.04 Å². The van der Waals surface area contributed by atoms with Gasteiger partial charge in [-0.2, -0.15) is 0 Å². The number of rotatable bonds is 8. The van der Waals surface area contributed by atoms with Crippen LogP contribution >= 0.6 is 0 Å². The molecule has 0 aromatic heterocycles. The SMILES string of the molecule is CCCCC(CC)CC(NN)C1CCCC1C. The molecule has 0 heterocycles. The molecule has 0 saturated heterocycles. The number of unbranched alkanes of at least 4 members (excludes halogenated alkanes) is 1. The van der Waals surface area contributed by atoms with Gasteiger partial charge in [-0.1, -0.05) is 59.3 Å². The highest BCUT2D eigenvalue weighted by molar-refractivity contribution is 4.85. The lowest BCUT2D eigenvalue weighted by molar-refractivity contribution is 0.243. The van der Waals surface area contributed by atoms with Gasteiger partial charge in [0.15, 0.2) is 0 Å². The molecule has 2 heteroatoms. The lowest BCUT2D eigenvalue weighted by Crippen LogP contribution is -2.43. The first kappa shape index (κ1) is 15.0. The zero-order chi connectivity index (χ0) is 12.7. The van der Waals surface area contributed by atoms with Crippen molar-refractivity contribution in [1.29, 1.82) is 0 Å². The van der Waals surface area contributed by atoms with Crippen LogP contribution in [-0.4, -0.2) is 6.04 Å². The van der Waals surface area contributed by atoms with Gasteiger partial charge in [0.2, 0.25) is 0 Å². The van der Waals surface area contributed by atoms with Crippen LogP contribution in [0.2, 0.25) is 0 Å². The molecule has 0 aliphatic heterocycles. The molecule has 4 atom stereocenters. The van der Waals surface area contributed by atoms with E-state index in [-0.39, 0.29) is 0 Å². The van der Waals surface area contributed by atoms with E-state index >= 15 is 0 Å². The third-order valence-corrected chi connectivity index (χ3v) is 4.79. The zero-order valence-electron chi connectivity index (χ0n) is 12.0. The summed E-state index contributed by atoms with van der Waals surface area (Å²) >= 11 is 0. The van der Waals surface area contributed by atoms with E-state index in [1.165, 1.54) is 51.4 Å². The second-order valence-electron chi connectivity index (χ2n) is 6.00. The summed E-state index contributed by atoms with van der Waals surface area (Å²) in [4.78, 5) is 0. The van der Waals surface area contributed by atoms with Crippen LogP contribution in [0.3, 0.4) is 0 Å². The molecule has 17 heavy (non-hydrogen) atoms. The van der Waals surface area contributed by atoms with E-state index in [0.717, 1.165) is 17.8 Å². The minimum absolute atomic E-state index is 0.550. The Hall–Kier alpha value is -0.0800.